The van der Waals surface area contributed by atoms with E-state index in [1.807, 2.05) is 6.92 Å². The minimum atomic E-state index is -3.56. The summed E-state index contributed by atoms with van der Waals surface area (Å²) in [7, 11) is -3.56. The largest absolute Gasteiger partial charge is 0.319 e. The van der Waals surface area contributed by atoms with Crippen LogP contribution in [-0.2, 0) is 10.0 Å². The monoisotopic (exact) mass is 348 g/mol. The Morgan fingerprint density at radius 2 is 1.90 bits per heavy atom. The maximum Gasteiger partial charge on any atom is 0.243 e. The van der Waals surface area contributed by atoms with Gasteiger partial charge in [0.1, 0.15) is 6.07 Å². The normalized spacial score (nSPS) is 19.1. The zero-order valence-corrected chi connectivity index (χ0v) is 13.8. The van der Waals surface area contributed by atoms with Gasteiger partial charge in [-0.05, 0) is 18.2 Å². The van der Waals surface area contributed by atoms with Crippen molar-refractivity contribution in [1.29, 1.82) is 5.26 Å². The summed E-state index contributed by atoms with van der Waals surface area (Å²) in [6, 6.07) is 6.38. The molecular formula is C13H16Cl2N3O2S+. The highest BCUT2D eigenvalue weighted by Gasteiger charge is 2.32. The minimum absolute atomic E-state index is 0.125. The zero-order valence-electron chi connectivity index (χ0n) is 11.5. The molecular weight excluding hydrogens is 333 g/mol. The number of nitrogens with zero attached hydrogens (tertiary/aromatic N) is 2. The van der Waals surface area contributed by atoms with Gasteiger partial charge in [-0.25, -0.2) is 8.42 Å². The van der Waals surface area contributed by atoms with Crippen LogP contribution in [0.15, 0.2) is 23.1 Å². The van der Waals surface area contributed by atoms with Gasteiger partial charge in [-0.3, -0.25) is 0 Å². The lowest BCUT2D eigenvalue weighted by Gasteiger charge is -2.32. The third kappa shape index (κ3) is 3.50. The summed E-state index contributed by atoms with van der Waals surface area (Å²) in [5, 5.41) is 9.47. The number of rotatable bonds is 3. The van der Waals surface area contributed by atoms with Crippen LogP contribution < -0.4 is 4.90 Å². The van der Waals surface area contributed by atoms with Crippen molar-refractivity contribution < 1.29 is 13.3 Å². The summed E-state index contributed by atoms with van der Waals surface area (Å²) in [6.07, 6.45) is 0. The summed E-state index contributed by atoms with van der Waals surface area (Å²) >= 11 is 11.7. The van der Waals surface area contributed by atoms with Gasteiger partial charge in [0, 0.05) is 6.92 Å². The third-order valence-electron chi connectivity index (χ3n) is 3.70. The molecule has 1 heterocycles. The van der Waals surface area contributed by atoms with Gasteiger partial charge in [-0.2, -0.15) is 9.57 Å². The molecule has 2 rings (SSSR count). The number of piperazine rings is 1. The smallest absolute Gasteiger partial charge is 0.243 e. The lowest BCUT2D eigenvalue weighted by Crippen LogP contribution is -3.17. The number of nitrogens with one attached hydrogen (secondary N) is 1. The van der Waals surface area contributed by atoms with Crippen molar-refractivity contribution in [3.63, 3.8) is 0 Å². The fourth-order valence-electron chi connectivity index (χ4n) is 2.32. The van der Waals surface area contributed by atoms with E-state index < -0.39 is 10.0 Å². The SMILES string of the molecule is C[C@@H](C#N)[NH+]1CCN(S(=O)(=O)c2ccc(Cl)c(Cl)c2)CC1. The first kappa shape index (κ1) is 16.5. The van der Waals surface area contributed by atoms with Crippen LogP contribution in [0.4, 0.5) is 0 Å². The van der Waals surface area contributed by atoms with E-state index in [-0.39, 0.29) is 16.0 Å². The molecule has 21 heavy (non-hydrogen) atoms. The second-order valence-electron chi connectivity index (χ2n) is 4.99. The molecule has 0 amide bonds. The van der Waals surface area contributed by atoms with Crippen LogP contribution >= 0.6 is 23.2 Å². The average Bonchev–Trinajstić information content (AvgIpc) is 2.49. The zero-order chi connectivity index (χ0) is 15.6. The molecule has 1 fully saturated rings. The summed E-state index contributed by atoms with van der Waals surface area (Å²) in [4.78, 5) is 1.26. The van der Waals surface area contributed by atoms with Crippen molar-refractivity contribution >= 4 is 33.2 Å². The molecule has 1 aliphatic heterocycles. The van der Waals surface area contributed by atoms with Crippen LogP contribution in [-0.4, -0.2) is 44.9 Å². The molecule has 8 heteroatoms. The minimum Gasteiger partial charge on any atom is -0.319 e. The van der Waals surface area contributed by atoms with Crippen LogP contribution in [0.25, 0.3) is 0 Å². The third-order valence-corrected chi connectivity index (χ3v) is 6.33. The summed E-state index contributed by atoms with van der Waals surface area (Å²) in [5.41, 5.74) is 0. The Bertz CT molecular complexity index is 664. The van der Waals surface area contributed by atoms with Gasteiger partial charge in [0.15, 0.2) is 6.04 Å². The molecule has 1 atom stereocenters. The highest BCUT2D eigenvalue weighted by Crippen LogP contribution is 2.26. The van der Waals surface area contributed by atoms with E-state index in [2.05, 4.69) is 6.07 Å². The average molecular weight is 349 g/mol. The van der Waals surface area contributed by atoms with E-state index in [9.17, 15) is 8.42 Å². The second kappa shape index (κ2) is 6.51. The van der Waals surface area contributed by atoms with Crippen LogP contribution in [0.1, 0.15) is 6.92 Å². The molecule has 0 saturated carbocycles. The Hall–Kier alpha value is -0.840. The van der Waals surface area contributed by atoms with Gasteiger partial charge in [0.05, 0.1) is 41.1 Å². The van der Waals surface area contributed by atoms with Crippen LogP contribution in [0, 0.1) is 11.3 Å². The molecule has 0 aromatic heterocycles. The molecule has 114 valence electrons. The Kier molecular flexibility index (Phi) is 5.12. The Labute approximate surface area is 134 Å². The van der Waals surface area contributed by atoms with E-state index >= 15 is 0 Å². The molecule has 1 N–H and O–H groups in total. The number of hydrogen-bond acceptors (Lipinski definition) is 3. The molecule has 0 aliphatic carbocycles. The first-order valence-corrected chi connectivity index (χ1v) is 8.75. The van der Waals surface area contributed by atoms with Gasteiger partial charge in [0.25, 0.3) is 0 Å². The molecule has 0 spiro atoms. The molecule has 1 aromatic carbocycles. The molecule has 1 aromatic rings. The number of halogens is 2. The van der Waals surface area contributed by atoms with Gasteiger partial charge in [-0.1, -0.05) is 23.2 Å². The van der Waals surface area contributed by atoms with Crippen molar-refractivity contribution in [3.05, 3.63) is 28.2 Å². The van der Waals surface area contributed by atoms with Crippen molar-refractivity contribution in [2.75, 3.05) is 26.2 Å². The Morgan fingerprint density at radius 3 is 2.43 bits per heavy atom. The van der Waals surface area contributed by atoms with Gasteiger partial charge >= 0.3 is 0 Å². The van der Waals surface area contributed by atoms with Crippen molar-refractivity contribution in [2.24, 2.45) is 0 Å². The molecule has 0 unspecified atom stereocenters. The van der Waals surface area contributed by atoms with E-state index in [1.165, 1.54) is 22.5 Å². The second-order valence-corrected chi connectivity index (χ2v) is 7.74. The summed E-state index contributed by atoms with van der Waals surface area (Å²) < 4.78 is 26.5. The predicted molar refractivity (Wildman–Crippen MR) is 81.0 cm³/mol. The first-order valence-electron chi connectivity index (χ1n) is 6.55. The van der Waals surface area contributed by atoms with Crippen molar-refractivity contribution in [2.45, 2.75) is 17.9 Å². The number of hydrogen-bond donors (Lipinski definition) is 1. The van der Waals surface area contributed by atoms with Crippen molar-refractivity contribution in [3.8, 4) is 6.07 Å². The Morgan fingerprint density at radius 1 is 1.29 bits per heavy atom. The first-order chi connectivity index (χ1) is 9.86. The van der Waals surface area contributed by atoms with Gasteiger partial charge in [-0.15, -0.1) is 0 Å². The molecule has 5 nitrogen and oxygen atoms in total. The number of quaternary nitrogens is 1. The Balaban J connectivity index is 2.15. The van der Waals surface area contributed by atoms with Crippen LogP contribution in [0.2, 0.25) is 10.0 Å². The number of nitriles is 1. The topological polar surface area (TPSA) is 65.6 Å². The van der Waals surface area contributed by atoms with E-state index in [0.717, 1.165) is 4.90 Å². The summed E-state index contributed by atoms with van der Waals surface area (Å²) in [5.74, 6) is 0. The number of sulfonamides is 1. The maximum absolute atomic E-state index is 12.5. The lowest BCUT2D eigenvalue weighted by molar-refractivity contribution is -0.918. The summed E-state index contributed by atoms with van der Waals surface area (Å²) in [6.45, 7) is 3.87. The highest BCUT2D eigenvalue weighted by molar-refractivity contribution is 7.89. The number of benzene rings is 1. The quantitative estimate of drug-likeness (QED) is 0.878. The predicted octanol–water partition coefficient (Wildman–Crippen LogP) is 0.795. The molecule has 1 aliphatic rings. The standard InChI is InChI=1S/C13H15Cl2N3O2S/c1-10(9-16)17-4-6-18(7-5-17)21(19,20)11-2-3-12(14)13(15)8-11/h2-3,8,10H,4-7H2,1H3/p+1/t10-/m0/s1. The molecule has 1 saturated heterocycles. The molecule has 0 bridgehead atoms. The fourth-order valence-corrected chi connectivity index (χ4v) is 4.16. The van der Waals surface area contributed by atoms with E-state index in [0.29, 0.717) is 31.2 Å². The van der Waals surface area contributed by atoms with E-state index in [1.54, 1.807) is 0 Å². The van der Waals surface area contributed by atoms with Gasteiger partial charge < -0.3 is 4.90 Å². The van der Waals surface area contributed by atoms with Crippen LogP contribution in [0.3, 0.4) is 0 Å². The van der Waals surface area contributed by atoms with Gasteiger partial charge in [0.2, 0.25) is 10.0 Å². The van der Waals surface area contributed by atoms with E-state index in [4.69, 9.17) is 28.5 Å². The molecule has 0 radical (unpaired) electrons. The van der Waals surface area contributed by atoms with Crippen molar-refractivity contribution in [1.82, 2.24) is 4.31 Å². The van der Waals surface area contributed by atoms with Crippen LogP contribution in [0.5, 0.6) is 0 Å². The maximum atomic E-state index is 12.5. The highest BCUT2D eigenvalue weighted by atomic mass is 35.5. The lowest BCUT2D eigenvalue weighted by atomic mass is 10.2. The fraction of sp³-hybridized carbons (Fsp3) is 0.462.